The van der Waals surface area contributed by atoms with Crippen LogP contribution in [0.2, 0.25) is 0 Å². The van der Waals surface area contributed by atoms with E-state index in [1.54, 1.807) is 11.3 Å². The Morgan fingerprint density at radius 3 is 2.63 bits per heavy atom. The van der Waals surface area contributed by atoms with Crippen LogP contribution in [-0.4, -0.2) is 18.5 Å². The molecule has 2 rings (SSSR count). The van der Waals surface area contributed by atoms with Crippen molar-refractivity contribution in [2.24, 2.45) is 0 Å². The number of aliphatic hydroxyl groups excluding tert-OH is 1. The first-order valence-electron chi connectivity index (χ1n) is 5.76. The SMILES string of the molecule is Cc1cc(CNS(=O)(=O)c2c[nH]c(CO)c2)sc1C. The van der Waals surface area contributed by atoms with Crippen LogP contribution in [0.1, 0.15) is 21.0 Å². The predicted octanol–water partition coefficient (Wildman–Crippen LogP) is 1.66. The number of rotatable bonds is 5. The molecule has 19 heavy (non-hydrogen) atoms. The molecule has 0 atom stereocenters. The van der Waals surface area contributed by atoms with Crippen LogP contribution in [0, 0.1) is 13.8 Å². The van der Waals surface area contributed by atoms with Gasteiger partial charge in [-0.3, -0.25) is 0 Å². The van der Waals surface area contributed by atoms with Crippen LogP contribution in [0.3, 0.4) is 0 Å². The van der Waals surface area contributed by atoms with Crippen molar-refractivity contribution in [3.8, 4) is 0 Å². The smallest absolute Gasteiger partial charge is 0.242 e. The number of hydrogen-bond acceptors (Lipinski definition) is 4. The fourth-order valence-electron chi connectivity index (χ4n) is 1.65. The average Bonchev–Trinajstić information content (AvgIpc) is 2.95. The number of H-pyrrole nitrogens is 1. The minimum atomic E-state index is -3.54. The highest BCUT2D eigenvalue weighted by Gasteiger charge is 2.16. The van der Waals surface area contributed by atoms with Crippen molar-refractivity contribution in [1.82, 2.24) is 9.71 Å². The van der Waals surface area contributed by atoms with Crippen molar-refractivity contribution in [2.75, 3.05) is 0 Å². The second-order valence-electron chi connectivity index (χ2n) is 4.30. The van der Waals surface area contributed by atoms with E-state index in [1.165, 1.54) is 22.7 Å². The summed E-state index contributed by atoms with van der Waals surface area (Å²) >= 11 is 1.59. The quantitative estimate of drug-likeness (QED) is 0.785. The van der Waals surface area contributed by atoms with Gasteiger partial charge in [-0.05, 0) is 31.5 Å². The minimum Gasteiger partial charge on any atom is -0.390 e. The average molecular weight is 300 g/mol. The molecule has 7 heteroatoms. The Balaban J connectivity index is 2.09. The van der Waals surface area contributed by atoms with Crippen LogP contribution in [0.4, 0.5) is 0 Å². The van der Waals surface area contributed by atoms with Crippen molar-refractivity contribution in [3.05, 3.63) is 39.3 Å². The molecule has 0 unspecified atom stereocenters. The summed E-state index contributed by atoms with van der Waals surface area (Å²) in [5, 5.41) is 8.91. The molecule has 0 aliphatic carbocycles. The number of aromatic nitrogens is 1. The lowest BCUT2D eigenvalue weighted by Gasteiger charge is -2.02. The molecule has 0 aromatic carbocycles. The van der Waals surface area contributed by atoms with E-state index < -0.39 is 10.0 Å². The zero-order valence-corrected chi connectivity index (χ0v) is 12.4. The maximum absolute atomic E-state index is 12.0. The van der Waals surface area contributed by atoms with Crippen LogP contribution in [-0.2, 0) is 23.2 Å². The van der Waals surface area contributed by atoms with E-state index >= 15 is 0 Å². The third-order valence-electron chi connectivity index (χ3n) is 2.85. The largest absolute Gasteiger partial charge is 0.390 e. The van der Waals surface area contributed by atoms with Crippen LogP contribution < -0.4 is 4.72 Å². The highest BCUT2D eigenvalue weighted by molar-refractivity contribution is 7.89. The fourth-order valence-corrected chi connectivity index (χ4v) is 3.76. The van der Waals surface area contributed by atoms with Gasteiger partial charge in [0.1, 0.15) is 0 Å². The van der Waals surface area contributed by atoms with E-state index in [0.717, 1.165) is 4.88 Å². The maximum Gasteiger partial charge on any atom is 0.242 e. The van der Waals surface area contributed by atoms with Crippen molar-refractivity contribution in [3.63, 3.8) is 0 Å². The van der Waals surface area contributed by atoms with Gasteiger partial charge >= 0.3 is 0 Å². The first kappa shape index (κ1) is 14.3. The Kier molecular flexibility index (Phi) is 4.10. The summed E-state index contributed by atoms with van der Waals surface area (Å²) in [6.07, 6.45) is 1.37. The number of aryl methyl sites for hydroxylation is 2. The molecule has 2 aromatic rings. The van der Waals surface area contributed by atoms with Gasteiger partial charge in [-0.15, -0.1) is 11.3 Å². The number of aromatic amines is 1. The van der Waals surface area contributed by atoms with E-state index in [0.29, 0.717) is 5.69 Å². The number of thiophene rings is 1. The minimum absolute atomic E-state index is 0.140. The number of hydrogen-bond donors (Lipinski definition) is 3. The summed E-state index contributed by atoms with van der Waals surface area (Å²) in [6.45, 7) is 4.08. The van der Waals surface area contributed by atoms with Gasteiger partial charge in [0.15, 0.2) is 0 Å². The molecule has 0 bridgehead atoms. The van der Waals surface area contributed by atoms with Crippen molar-refractivity contribution in [2.45, 2.75) is 31.9 Å². The van der Waals surface area contributed by atoms with Gasteiger partial charge in [-0.1, -0.05) is 0 Å². The molecule has 3 N–H and O–H groups in total. The Morgan fingerprint density at radius 1 is 1.37 bits per heavy atom. The molecule has 0 amide bonds. The molecule has 0 fully saturated rings. The molecular weight excluding hydrogens is 284 g/mol. The number of aliphatic hydroxyl groups is 1. The van der Waals surface area contributed by atoms with Gasteiger partial charge in [0.25, 0.3) is 0 Å². The van der Waals surface area contributed by atoms with Crippen molar-refractivity contribution >= 4 is 21.4 Å². The van der Waals surface area contributed by atoms with Gasteiger partial charge in [0.2, 0.25) is 10.0 Å². The Morgan fingerprint density at radius 2 is 2.11 bits per heavy atom. The Hall–Kier alpha value is -1.15. The second-order valence-corrected chi connectivity index (χ2v) is 7.40. The normalized spacial score (nSPS) is 11.9. The molecule has 2 heterocycles. The standard InChI is InChI=1S/C12H16N2O3S2/c1-8-3-11(18-9(8)2)5-14-19(16,17)12-4-10(7-15)13-6-12/h3-4,6,13-15H,5,7H2,1-2H3. The third kappa shape index (κ3) is 3.24. The summed E-state index contributed by atoms with van der Waals surface area (Å²) in [7, 11) is -3.54. The summed E-state index contributed by atoms with van der Waals surface area (Å²) in [6, 6.07) is 3.41. The molecule has 104 valence electrons. The van der Waals surface area contributed by atoms with Gasteiger partial charge < -0.3 is 10.1 Å². The van der Waals surface area contributed by atoms with E-state index in [-0.39, 0.29) is 18.0 Å². The van der Waals surface area contributed by atoms with Crippen LogP contribution in [0.25, 0.3) is 0 Å². The van der Waals surface area contributed by atoms with Gasteiger partial charge in [-0.2, -0.15) is 0 Å². The molecule has 2 aromatic heterocycles. The van der Waals surface area contributed by atoms with E-state index in [4.69, 9.17) is 5.11 Å². The predicted molar refractivity (Wildman–Crippen MR) is 74.5 cm³/mol. The third-order valence-corrected chi connectivity index (χ3v) is 5.38. The fraction of sp³-hybridized carbons (Fsp3) is 0.333. The first-order chi connectivity index (χ1) is 8.92. The highest BCUT2D eigenvalue weighted by atomic mass is 32.2. The van der Waals surface area contributed by atoms with Gasteiger partial charge in [0.05, 0.1) is 11.5 Å². The molecule has 5 nitrogen and oxygen atoms in total. The monoisotopic (exact) mass is 300 g/mol. The first-order valence-corrected chi connectivity index (χ1v) is 8.06. The Labute approximate surface area is 116 Å². The molecule has 0 saturated heterocycles. The lowest BCUT2D eigenvalue weighted by atomic mass is 10.3. The highest BCUT2D eigenvalue weighted by Crippen LogP contribution is 2.21. The Bertz CT molecular complexity index is 651. The summed E-state index contributed by atoms with van der Waals surface area (Å²) in [4.78, 5) is 5.02. The molecule has 0 radical (unpaired) electrons. The van der Waals surface area contributed by atoms with E-state index in [2.05, 4.69) is 9.71 Å². The second kappa shape index (κ2) is 5.46. The lowest BCUT2D eigenvalue weighted by molar-refractivity contribution is 0.277. The van der Waals surface area contributed by atoms with Crippen molar-refractivity contribution < 1.29 is 13.5 Å². The topological polar surface area (TPSA) is 82.2 Å². The molecule has 0 aliphatic heterocycles. The molecule has 0 saturated carbocycles. The summed E-state index contributed by atoms with van der Waals surface area (Å²) < 4.78 is 26.6. The van der Waals surface area contributed by atoms with E-state index in [1.807, 2.05) is 19.9 Å². The van der Waals surface area contributed by atoms with Crippen LogP contribution >= 0.6 is 11.3 Å². The number of nitrogens with one attached hydrogen (secondary N) is 2. The number of sulfonamides is 1. The van der Waals surface area contributed by atoms with Gasteiger partial charge in [-0.25, -0.2) is 13.1 Å². The molecular formula is C12H16N2O3S2. The summed E-state index contributed by atoms with van der Waals surface area (Å²) in [5.41, 5.74) is 1.64. The zero-order chi connectivity index (χ0) is 14.0. The van der Waals surface area contributed by atoms with E-state index in [9.17, 15) is 8.42 Å². The summed E-state index contributed by atoms with van der Waals surface area (Å²) in [5.74, 6) is 0. The van der Waals surface area contributed by atoms with Gasteiger partial charge in [0, 0.05) is 28.2 Å². The van der Waals surface area contributed by atoms with Crippen LogP contribution in [0.15, 0.2) is 23.2 Å². The maximum atomic E-state index is 12.0. The zero-order valence-electron chi connectivity index (χ0n) is 10.7. The van der Waals surface area contributed by atoms with Crippen molar-refractivity contribution in [1.29, 1.82) is 0 Å². The lowest BCUT2D eigenvalue weighted by Crippen LogP contribution is -2.22. The molecule has 0 aliphatic rings. The molecule has 0 spiro atoms. The van der Waals surface area contributed by atoms with Crippen LogP contribution in [0.5, 0.6) is 0 Å².